The third-order valence-electron chi connectivity index (χ3n) is 1.36. The molecule has 0 saturated carbocycles. The maximum Gasteiger partial charge on any atom is 0.337 e. The van der Waals surface area contributed by atoms with Crippen LogP contribution in [0.2, 0.25) is 5.02 Å². The normalized spacial score (nSPS) is 9.00. The third-order valence-corrected chi connectivity index (χ3v) is 1.76. The summed E-state index contributed by atoms with van der Waals surface area (Å²) in [4.78, 5) is 13.1. The van der Waals surface area contributed by atoms with Gasteiger partial charge in [-0.3, -0.25) is 0 Å². The zero-order chi connectivity index (χ0) is 9.84. The van der Waals surface area contributed by atoms with Crippen LogP contribution in [0.4, 0.5) is 5.69 Å². The van der Waals surface area contributed by atoms with Gasteiger partial charge in [-0.2, -0.15) is 0 Å². The molecule has 6 heteroatoms. The summed E-state index contributed by atoms with van der Waals surface area (Å²) in [5.41, 5.74) is 8.16. The van der Waals surface area contributed by atoms with Crippen LogP contribution in [0.25, 0.3) is 10.4 Å². The molecule has 0 spiro atoms. The van der Waals surface area contributed by atoms with Gasteiger partial charge in [0.15, 0.2) is 0 Å². The lowest BCUT2D eigenvalue weighted by molar-refractivity contribution is 0.0697. The quantitative estimate of drug-likeness (QED) is 0.449. The second-order valence-corrected chi connectivity index (χ2v) is 2.51. The van der Waals surface area contributed by atoms with Gasteiger partial charge in [0.05, 0.1) is 16.3 Å². The van der Waals surface area contributed by atoms with Crippen molar-refractivity contribution in [1.29, 1.82) is 0 Å². The first kappa shape index (κ1) is 9.38. The van der Waals surface area contributed by atoms with E-state index >= 15 is 0 Å². The van der Waals surface area contributed by atoms with Gasteiger partial charge < -0.3 is 5.11 Å². The minimum atomic E-state index is -1.15. The van der Waals surface area contributed by atoms with E-state index in [1.54, 1.807) is 0 Å². The summed E-state index contributed by atoms with van der Waals surface area (Å²) in [5.74, 6) is -1.15. The van der Waals surface area contributed by atoms with Crippen molar-refractivity contribution in [2.75, 3.05) is 0 Å². The van der Waals surface area contributed by atoms with E-state index in [1.807, 2.05) is 0 Å². The van der Waals surface area contributed by atoms with E-state index in [2.05, 4.69) is 10.0 Å². The zero-order valence-corrected chi connectivity index (χ0v) is 7.06. The Hall–Kier alpha value is -1.71. The molecule has 66 valence electrons. The number of hydrogen-bond donors (Lipinski definition) is 1. The second kappa shape index (κ2) is 3.80. The van der Waals surface area contributed by atoms with Gasteiger partial charge in [-0.1, -0.05) is 28.8 Å². The van der Waals surface area contributed by atoms with Crippen molar-refractivity contribution < 1.29 is 9.90 Å². The van der Waals surface area contributed by atoms with E-state index in [-0.39, 0.29) is 16.3 Å². The summed E-state index contributed by atoms with van der Waals surface area (Å²) in [7, 11) is 0. The first-order valence-electron chi connectivity index (χ1n) is 3.23. The van der Waals surface area contributed by atoms with Crippen LogP contribution in [-0.4, -0.2) is 11.1 Å². The summed E-state index contributed by atoms with van der Waals surface area (Å²) >= 11 is 5.64. The molecule has 0 atom stereocenters. The predicted molar refractivity (Wildman–Crippen MR) is 47.2 cm³/mol. The molecule has 5 nitrogen and oxygen atoms in total. The van der Waals surface area contributed by atoms with Crippen LogP contribution in [0.3, 0.4) is 0 Å². The molecule has 0 saturated heterocycles. The van der Waals surface area contributed by atoms with Crippen molar-refractivity contribution in [1.82, 2.24) is 0 Å². The van der Waals surface area contributed by atoms with Gasteiger partial charge >= 0.3 is 5.97 Å². The molecule has 1 N–H and O–H groups in total. The molecule has 0 aliphatic carbocycles. The SMILES string of the molecule is [N-]=[N+]=Nc1cccc(C(=O)O)c1Cl. The van der Waals surface area contributed by atoms with Crippen molar-refractivity contribution in [3.8, 4) is 0 Å². The highest BCUT2D eigenvalue weighted by molar-refractivity contribution is 6.35. The number of carboxylic acids is 1. The van der Waals surface area contributed by atoms with E-state index in [1.165, 1.54) is 18.2 Å². The maximum atomic E-state index is 10.6. The number of benzene rings is 1. The number of nitrogens with zero attached hydrogens (tertiary/aromatic N) is 3. The van der Waals surface area contributed by atoms with Crippen molar-refractivity contribution >= 4 is 23.3 Å². The zero-order valence-electron chi connectivity index (χ0n) is 6.31. The predicted octanol–water partition coefficient (Wildman–Crippen LogP) is 2.98. The largest absolute Gasteiger partial charge is 0.478 e. The number of halogens is 1. The van der Waals surface area contributed by atoms with E-state index in [0.717, 1.165) is 0 Å². The van der Waals surface area contributed by atoms with Gasteiger partial charge in [0.25, 0.3) is 0 Å². The molecule has 0 aliphatic rings. The van der Waals surface area contributed by atoms with Gasteiger partial charge in [0, 0.05) is 4.91 Å². The monoisotopic (exact) mass is 197 g/mol. The Balaban J connectivity index is 3.34. The average Bonchev–Trinajstić information content (AvgIpc) is 2.08. The maximum absolute atomic E-state index is 10.6. The molecule has 0 bridgehead atoms. The van der Waals surface area contributed by atoms with E-state index < -0.39 is 5.97 Å². The molecule has 1 aromatic rings. The van der Waals surface area contributed by atoms with Crippen LogP contribution in [0.1, 0.15) is 10.4 Å². The molecule has 0 radical (unpaired) electrons. The highest BCUT2D eigenvalue weighted by Crippen LogP contribution is 2.28. The number of carboxylic acid groups (broad SMARTS) is 1. The fraction of sp³-hybridized carbons (Fsp3) is 0. The summed E-state index contributed by atoms with van der Waals surface area (Å²) in [6.45, 7) is 0. The Labute approximate surface area is 78.2 Å². The van der Waals surface area contributed by atoms with Gasteiger partial charge in [0.2, 0.25) is 0 Å². The van der Waals surface area contributed by atoms with Crippen LogP contribution >= 0.6 is 11.6 Å². The molecule has 0 aromatic heterocycles. The first-order chi connectivity index (χ1) is 6.16. The fourth-order valence-corrected chi connectivity index (χ4v) is 1.05. The lowest BCUT2D eigenvalue weighted by Gasteiger charge is -1.99. The van der Waals surface area contributed by atoms with Crippen LogP contribution < -0.4 is 0 Å². The molecule has 0 amide bonds. The molecular weight excluding hydrogens is 194 g/mol. The van der Waals surface area contributed by atoms with Crippen LogP contribution in [0, 0.1) is 0 Å². The fourth-order valence-electron chi connectivity index (χ4n) is 0.810. The number of azide groups is 1. The number of hydrogen-bond acceptors (Lipinski definition) is 2. The minimum Gasteiger partial charge on any atom is -0.478 e. The lowest BCUT2D eigenvalue weighted by atomic mass is 10.2. The van der Waals surface area contributed by atoms with Crippen molar-refractivity contribution in [2.24, 2.45) is 5.11 Å². The molecule has 0 fully saturated rings. The van der Waals surface area contributed by atoms with Gasteiger partial charge in [-0.15, -0.1) is 0 Å². The Kier molecular flexibility index (Phi) is 2.74. The number of carbonyl (C=O) groups is 1. The third kappa shape index (κ3) is 1.90. The highest BCUT2D eigenvalue weighted by atomic mass is 35.5. The molecule has 1 aromatic carbocycles. The van der Waals surface area contributed by atoms with Gasteiger partial charge in [-0.25, -0.2) is 4.79 Å². The topological polar surface area (TPSA) is 86.1 Å². The Morgan fingerprint density at radius 3 is 2.85 bits per heavy atom. The molecule has 13 heavy (non-hydrogen) atoms. The minimum absolute atomic E-state index is 0.0483. The van der Waals surface area contributed by atoms with Crippen molar-refractivity contribution in [3.05, 3.63) is 39.2 Å². The second-order valence-electron chi connectivity index (χ2n) is 2.13. The van der Waals surface area contributed by atoms with Crippen LogP contribution in [-0.2, 0) is 0 Å². The summed E-state index contributed by atoms with van der Waals surface area (Å²) in [6.07, 6.45) is 0. The van der Waals surface area contributed by atoms with Crippen molar-refractivity contribution in [3.63, 3.8) is 0 Å². The summed E-state index contributed by atoms with van der Waals surface area (Å²) in [5, 5.41) is 11.8. The molecule has 0 aliphatic heterocycles. The van der Waals surface area contributed by atoms with Gasteiger partial charge in [-0.05, 0) is 11.6 Å². The van der Waals surface area contributed by atoms with Crippen molar-refractivity contribution in [2.45, 2.75) is 0 Å². The number of rotatable bonds is 2. The molecule has 0 unspecified atom stereocenters. The first-order valence-corrected chi connectivity index (χ1v) is 3.61. The Morgan fingerprint density at radius 1 is 1.62 bits per heavy atom. The highest BCUT2D eigenvalue weighted by Gasteiger charge is 2.10. The Morgan fingerprint density at radius 2 is 2.31 bits per heavy atom. The molecule has 0 heterocycles. The van der Waals surface area contributed by atoms with E-state index in [9.17, 15) is 4.79 Å². The molecular formula is C7H4ClN3O2. The lowest BCUT2D eigenvalue weighted by Crippen LogP contribution is -1.96. The number of aromatic carboxylic acids is 1. The average molecular weight is 198 g/mol. The summed E-state index contributed by atoms with van der Waals surface area (Å²) < 4.78 is 0. The smallest absolute Gasteiger partial charge is 0.337 e. The van der Waals surface area contributed by atoms with Crippen LogP contribution in [0.15, 0.2) is 23.3 Å². The van der Waals surface area contributed by atoms with E-state index in [0.29, 0.717) is 0 Å². The standard InChI is InChI=1S/C7H4ClN3O2/c8-6-4(7(12)13)2-1-3-5(6)10-11-9/h1-3H,(H,12,13). The van der Waals surface area contributed by atoms with Gasteiger partial charge in [0.1, 0.15) is 0 Å². The summed E-state index contributed by atoms with van der Waals surface area (Å²) in [6, 6.07) is 4.23. The molecule has 1 rings (SSSR count). The Bertz CT molecular complexity index is 378. The van der Waals surface area contributed by atoms with Crippen LogP contribution in [0.5, 0.6) is 0 Å². The van der Waals surface area contributed by atoms with E-state index in [4.69, 9.17) is 22.2 Å².